The molecule has 5 nitrogen and oxygen atoms in total. The fraction of sp³-hybridized carbons (Fsp3) is 0.429. The summed E-state index contributed by atoms with van der Waals surface area (Å²) in [7, 11) is 0. The molecule has 0 saturated heterocycles. The first-order valence-electron chi connectivity index (χ1n) is 6.39. The van der Waals surface area contributed by atoms with Crippen LogP contribution in [0.15, 0.2) is 18.2 Å². The van der Waals surface area contributed by atoms with Crippen molar-refractivity contribution in [2.45, 2.75) is 32.8 Å². The number of carbonyl (C=O) groups excluding carboxylic acids is 2. The SMILES string of the molecule is CC(C)(C)OC(=O)NCCC(=O)Nc1ccc(F)cc1F. The summed E-state index contributed by atoms with van der Waals surface area (Å²) < 4.78 is 31.0. The topological polar surface area (TPSA) is 67.4 Å². The van der Waals surface area contributed by atoms with E-state index in [9.17, 15) is 18.4 Å². The van der Waals surface area contributed by atoms with E-state index >= 15 is 0 Å². The highest BCUT2D eigenvalue weighted by molar-refractivity contribution is 5.91. The third kappa shape index (κ3) is 6.69. The van der Waals surface area contributed by atoms with Gasteiger partial charge in [-0.1, -0.05) is 0 Å². The number of hydrogen-bond acceptors (Lipinski definition) is 3. The number of nitrogens with one attached hydrogen (secondary N) is 2. The number of halogens is 2. The van der Waals surface area contributed by atoms with Crippen molar-refractivity contribution in [3.8, 4) is 0 Å². The van der Waals surface area contributed by atoms with Crippen molar-refractivity contribution < 1.29 is 23.1 Å². The van der Waals surface area contributed by atoms with Crippen molar-refractivity contribution in [1.29, 1.82) is 0 Å². The molecule has 0 atom stereocenters. The molecule has 0 saturated carbocycles. The Morgan fingerprint density at radius 3 is 2.48 bits per heavy atom. The zero-order valence-corrected chi connectivity index (χ0v) is 12.1. The number of ether oxygens (including phenoxy) is 1. The lowest BCUT2D eigenvalue weighted by molar-refractivity contribution is -0.116. The number of carbonyl (C=O) groups is 2. The molecule has 21 heavy (non-hydrogen) atoms. The van der Waals surface area contributed by atoms with Crippen LogP contribution >= 0.6 is 0 Å². The Labute approximate surface area is 121 Å². The van der Waals surface area contributed by atoms with Gasteiger partial charge < -0.3 is 15.4 Å². The van der Waals surface area contributed by atoms with Gasteiger partial charge >= 0.3 is 6.09 Å². The van der Waals surface area contributed by atoms with Crippen LogP contribution in [0.1, 0.15) is 27.2 Å². The lowest BCUT2D eigenvalue weighted by Crippen LogP contribution is -2.34. The van der Waals surface area contributed by atoms with E-state index in [2.05, 4.69) is 10.6 Å². The predicted molar refractivity (Wildman–Crippen MR) is 73.8 cm³/mol. The van der Waals surface area contributed by atoms with Crippen LogP contribution in [0.3, 0.4) is 0 Å². The Bertz CT molecular complexity index is 527. The van der Waals surface area contributed by atoms with Gasteiger partial charge in [0.05, 0.1) is 5.69 Å². The van der Waals surface area contributed by atoms with E-state index in [1.807, 2.05) is 0 Å². The van der Waals surface area contributed by atoms with E-state index in [0.717, 1.165) is 12.1 Å². The summed E-state index contributed by atoms with van der Waals surface area (Å²) in [6.07, 6.45) is -0.695. The minimum Gasteiger partial charge on any atom is -0.444 e. The third-order valence-electron chi connectivity index (χ3n) is 2.23. The van der Waals surface area contributed by atoms with E-state index < -0.39 is 29.2 Å². The summed E-state index contributed by atoms with van der Waals surface area (Å²) in [5.41, 5.74) is -0.734. The summed E-state index contributed by atoms with van der Waals surface area (Å²) in [5, 5.41) is 4.69. The van der Waals surface area contributed by atoms with Crippen LogP contribution in [0.25, 0.3) is 0 Å². The molecule has 0 radical (unpaired) electrons. The van der Waals surface area contributed by atoms with Gasteiger partial charge in [-0.25, -0.2) is 13.6 Å². The smallest absolute Gasteiger partial charge is 0.407 e. The van der Waals surface area contributed by atoms with E-state index in [1.54, 1.807) is 20.8 Å². The van der Waals surface area contributed by atoms with Gasteiger partial charge in [0.15, 0.2) is 0 Å². The lowest BCUT2D eigenvalue weighted by atomic mass is 10.2. The van der Waals surface area contributed by atoms with Crippen LogP contribution in [0.2, 0.25) is 0 Å². The monoisotopic (exact) mass is 300 g/mol. The lowest BCUT2D eigenvalue weighted by Gasteiger charge is -2.19. The zero-order valence-electron chi connectivity index (χ0n) is 12.1. The van der Waals surface area contributed by atoms with Gasteiger partial charge in [-0.05, 0) is 32.9 Å². The molecule has 0 spiro atoms. The largest absolute Gasteiger partial charge is 0.444 e. The third-order valence-corrected chi connectivity index (χ3v) is 2.23. The number of amides is 2. The van der Waals surface area contributed by atoms with Gasteiger partial charge in [0, 0.05) is 19.0 Å². The van der Waals surface area contributed by atoms with Gasteiger partial charge in [-0.3, -0.25) is 4.79 Å². The van der Waals surface area contributed by atoms with E-state index in [-0.39, 0.29) is 18.7 Å². The van der Waals surface area contributed by atoms with Crippen molar-refractivity contribution in [1.82, 2.24) is 5.32 Å². The standard InChI is InChI=1S/C14H18F2N2O3/c1-14(2,3)21-13(20)17-7-6-12(19)18-11-5-4-9(15)8-10(11)16/h4-5,8H,6-7H2,1-3H3,(H,17,20)(H,18,19). The molecule has 0 aromatic heterocycles. The molecule has 0 aliphatic heterocycles. The molecule has 0 heterocycles. The second-order valence-corrected chi connectivity index (χ2v) is 5.35. The maximum Gasteiger partial charge on any atom is 0.407 e. The Balaban J connectivity index is 2.36. The van der Waals surface area contributed by atoms with Crippen LogP contribution in [-0.4, -0.2) is 24.1 Å². The van der Waals surface area contributed by atoms with Crippen LogP contribution in [0.4, 0.5) is 19.3 Å². The molecule has 1 aromatic carbocycles. The van der Waals surface area contributed by atoms with Crippen molar-refractivity contribution in [2.75, 3.05) is 11.9 Å². The highest BCUT2D eigenvalue weighted by Gasteiger charge is 2.16. The summed E-state index contributed by atoms with van der Waals surface area (Å²) >= 11 is 0. The van der Waals surface area contributed by atoms with Gasteiger partial charge in [0.25, 0.3) is 0 Å². The van der Waals surface area contributed by atoms with Crippen LogP contribution in [-0.2, 0) is 9.53 Å². The second-order valence-electron chi connectivity index (χ2n) is 5.35. The van der Waals surface area contributed by atoms with Crippen molar-refractivity contribution in [3.63, 3.8) is 0 Å². The molecule has 7 heteroatoms. The first kappa shape index (κ1) is 16.9. The van der Waals surface area contributed by atoms with Crippen molar-refractivity contribution >= 4 is 17.7 Å². The number of anilines is 1. The Kier molecular flexibility index (Phi) is 5.63. The number of benzene rings is 1. The Morgan fingerprint density at radius 1 is 1.24 bits per heavy atom. The summed E-state index contributed by atoms with van der Waals surface area (Å²) in [6.45, 7) is 5.20. The number of hydrogen-bond donors (Lipinski definition) is 2. The number of alkyl carbamates (subject to hydrolysis) is 1. The maximum absolute atomic E-state index is 13.3. The fourth-order valence-electron chi connectivity index (χ4n) is 1.40. The molecule has 1 aromatic rings. The minimum absolute atomic E-state index is 0.0452. The molecular weight excluding hydrogens is 282 g/mol. The highest BCUT2D eigenvalue weighted by atomic mass is 19.1. The van der Waals surface area contributed by atoms with Crippen molar-refractivity contribution in [3.05, 3.63) is 29.8 Å². The zero-order chi connectivity index (χ0) is 16.0. The molecular formula is C14H18F2N2O3. The van der Waals surface area contributed by atoms with Gasteiger partial charge in [-0.15, -0.1) is 0 Å². The molecule has 0 aliphatic rings. The van der Waals surface area contributed by atoms with E-state index in [4.69, 9.17) is 4.74 Å². The van der Waals surface area contributed by atoms with Crippen LogP contribution < -0.4 is 10.6 Å². The van der Waals surface area contributed by atoms with Crippen LogP contribution in [0.5, 0.6) is 0 Å². The summed E-state index contributed by atoms with van der Waals surface area (Å²) in [6, 6.07) is 2.84. The van der Waals surface area contributed by atoms with Gasteiger partial charge in [-0.2, -0.15) is 0 Å². The number of rotatable bonds is 4. The summed E-state index contributed by atoms with van der Waals surface area (Å²) in [5.74, 6) is -2.09. The summed E-state index contributed by atoms with van der Waals surface area (Å²) in [4.78, 5) is 22.9. The second kappa shape index (κ2) is 7.01. The molecule has 1 rings (SSSR count). The average Bonchev–Trinajstić information content (AvgIpc) is 2.30. The van der Waals surface area contributed by atoms with Gasteiger partial charge in [0.2, 0.25) is 5.91 Å². The van der Waals surface area contributed by atoms with Crippen LogP contribution in [0, 0.1) is 11.6 Å². The fourth-order valence-corrected chi connectivity index (χ4v) is 1.40. The minimum atomic E-state index is -0.858. The van der Waals surface area contributed by atoms with Gasteiger partial charge in [0.1, 0.15) is 17.2 Å². The first-order chi connectivity index (χ1) is 9.67. The quantitative estimate of drug-likeness (QED) is 0.898. The molecule has 116 valence electrons. The molecule has 2 amide bonds. The molecule has 0 fully saturated rings. The maximum atomic E-state index is 13.3. The van der Waals surface area contributed by atoms with E-state index in [1.165, 1.54) is 0 Å². The molecule has 2 N–H and O–H groups in total. The van der Waals surface area contributed by atoms with Crippen molar-refractivity contribution in [2.24, 2.45) is 0 Å². The Hall–Kier alpha value is -2.18. The highest BCUT2D eigenvalue weighted by Crippen LogP contribution is 2.14. The Morgan fingerprint density at radius 2 is 1.90 bits per heavy atom. The average molecular weight is 300 g/mol. The normalized spacial score (nSPS) is 10.9. The molecule has 0 aliphatic carbocycles. The predicted octanol–water partition coefficient (Wildman–Crippen LogP) is 2.82. The molecule has 0 unspecified atom stereocenters. The molecule has 0 bridgehead atoms. The first-order valence-corrected chi connectivity index (χ1v) is 6.39. The van der Waals surface area contributed by atoms with E-state index in [0.29, 0.717) is 6.07 Å².